The first-order chi connectivity index (χ1) is 9.36. The number of aliphatic hydroxyl groups is 1. The van der Waals surface area contributed by atoms with E-state index in [9.17, 15) is 8.42 Å². The van der Waals surface area contributed by atoms with Gasteiger partial charge >= 0.3 is 0 Å². The molecular weight excluding hydrogens is 278 g/mol. The van der Waals surface area contributed by atoms with Gasteiger partial charge in [-0.2, -0.15) is 0 Å². The molecule has 0 heterocycles. The number of benzene rings is 1. The zero-order chi connectivity index (χ0) is 15.3. The van der Waals surface area contributed by atoms with Gasteiger partial charge in [-0.1, -0.05) is 26.3 Å². The minimum Gasteiger partial charge on any atom is -0.495 e. The van der Waals surface area contributed by atoms with E-state index >= 15 is 0 Å². The van der Waals surface area contributed by atoms with Gasteiger partial charge in [0.05, 0.1) is 13.7 Å². The molecule has 1 aromatic rings. The monoisotopic (exact) mass is 301 g/mol. The summed E-state index contributed by atoms with van der Waals surface area (Å²) in [5.74, 6) is 0.546. The zero-order valence-corrected chi connectivity index (χ0v) is 13.3. The Hall–Kier alpha value is -1.11. The first-order valence-electron chi connectivity index (χ1n) is 6.60. The molecule has 1 unspecified atom stereocenters. The minimum atomic E-state index is -3.59. The first-order valence-corrected chi connectivity index (χ1v) is 8.04. The van der Waals surface area contributed by atoms with Gasteiger partial charge < -0.3 is 9.84 Å². The summed E-state index contributed by atoms with van der Waals surface area (Å²) >= 11 is 0. The van der Waals surface area contributed by atoms with Crippen LogP contribution in [-0.4, -0.2) is 38.5 Å². The van der Waals surface area contributed by atoms with Gasteiger partial charge in [0.15, 0.2) is 0 Å². The van der Waals surface area contributed by atoms with Crippen LogP contribution in [0.15, 0.2) is 23.1 Å². The van der Waals surface area contributed by atoms with Crippen molar-refractivity contribution in [1.82, 2.24) is 4.31 Å². The van der Waals surface area contributed by atoms with E-state index in [-0.39, 0.29) is 23.2 Å². The van der Waals surface area contributed by atoms with Crippen LogP contribution >= 0.6 is 0 Å². The van der Waals surface area contributed by atoms with Gasteiger partial charge in [0.25, 0.3) is 0 Å². The predicted molar refractivity (Wildman–Crippen MR) is 78.2 cm³/mol. The molecule has 1 rings (SSSR count). The Bertz CT molecular complexity index is 542. The normalized spacial score (nSPS) is 13.5. The molecule has 114 valence electrons. The topological polar surface area (TPSA) is 66.8 Å². The molecule has 1 N–H and O–H groups in total. The lowest BCUT2D eigenvalue weighted by Crippen LogP contribution is -2.31. The van der Waals surface area contributed by atoms with Crippen LogP contribution in [-0.2, 0) is 16.6 Å². The van der Waals surface area contributed by atoms with Crippen molar-refractivity contribution in [2.45, 2.75) is 31.8 Å². The maximum atomic E-state index is 12.5. The summed E-state index contributed by atoms with van der Waals surface area (Å²) < 4.78 is 31.6. The second-order valence-electron chi connectivity index (χ2n) is 4.94. The van der Waals surface area contributed by atoms with E-state index in [1.807, 2.05) is 13.8 Å². The van der Waals surface area contributed by atoms with Crippen LogP contribution in [0.25, 0.3) is 0 Å². The van der Waals surface area contributed by atoms with Crippen molar-refractivity contribution in [2.75, 3.05) is 20.7 Å². The third-order valence-electron chi connectivity index (χ3n) is 3.36. The maximum absolute atomic E-state index is 12.5. The van der Waals surface area contributed by atoms with Crippen molar-refractivity contribution < 1.29 is 18.3 Å². The van der Waals surface area contributed by atoms with Gasteiger partial charge in [-0.3, -0.25) is 0 Å². The smallest absolute Gasteiger partial charge is 0.246 e. The lowest BCUT2D eigenvalue weighted by Gasteiger charge is -2.21. The van der Waals surface area contributed by atoms with Crippen LogP contribution in [0, 0.1) is 5.92 Å². The molecule has 0 spiro atoms. The first kappa shape index (κ1) is 16.9. The largest absolute Gasteiger partial charge is 0.495 e. The Kier molecular flexibility index (Phi) is 5.98. The van der Waals surface area contributed by atoms with E-state index < -0.39 is 10.0 Å². The third kappa shape index (κ3) is 3.71. The van der Waals surface area contributed by atoms with E-state index in [2.05, 4.69) is 0 Å². The van der Waals surface area contributed by atoms with E-state index in [0.717, 1.165) is 6.42 Å². The quantitative estimate of drug-likeness (QED) is 0.834. The maximum Gasteiger partial charge on any atom is 0.246 e. The Labute approximate surface area is 121 Å². The minimum absolute atomic E-state index is 0.128. The predicted octanol–water partition coefficient (Wildman–Crippen LogP) is 1.85. The lowest BCUT2D eigenvalue weighted by molar-refractivity contribution is 0.280. The van der Waals surface area contributed by atoms with Crippen LogP contribution in [0.4, 0.5) is 0 Å². The highest BCUT2D eigenvalue weighted by Gasteiger charge is 2.25. The van der Waals surface area contributed by atoms with Crippen molar-refractivity contribution in [3.63, 3.8) is 0 Å². The number of methoxy groups -OCH3 is 1. The van der Waals surface area contributed by atoms with Gasteiger partial charge in [-0.05, 0) is 23.6 Å². The Morgan fingerprint density at radius 1 is 1.40 bits per heavy atom. The number of hydrogen-bond acceptors (Lipinski definition) is 4. The van der Waals surface area contributed by atoms with Gasteiger partial charge in [0, 0.05) is 13.6 Å². The average molecular weight is 301 g/mol. The molecule has 20 heavy (non-hydrogen) atoms. The van der Waals surface area contributed by atoms with E-state index in [1.54, 1.807) is 19.2 Å². The number of rotatable bonds is 7. The van der Waals surface area contributed by atoms with Crippen LogP contribution < -0.4 is 4.74 Å². The lowest BCUT2D eigenvalue weighted by atomic mass is 10.1. The van der Waals surface area contributed by atoms with Crippen LogP contribution in [0.2, 0.25) is 0 Å². The molecule has 0 saturated heterocycles. The Morgan fingerprint density at radius 2 is 2.05 bits per heavy atom. The molecule has 0 saturated carbocycles. The molecule has 5 nitrogen and oxygen atoms in total. The van der Waals surface area contributed by atoms with Crippen molar-refractivity contribution in [3.8, 4) is 5.75 Å². The summed E-state index contributed by atoms with van der Waals surface area (Å²) in [6.07, 6.45) is 0.917. The second kappa shape index (κ2) is 7.06. The van der Waals surface area contributed by atoms with Crippen LogP contribution in [0.3, 0.4) is 0 Å². The van der Waals surface area contributed by atoms with Crippen molar-refractivity contribution in [2.24, 2.45) is 5.92 Å². The van der Waals surface area contributed by atoms with Gasteiger partial charge in [-0.15, -0.1) is 0 Å². The van der Waals surface area contributed by atoms with Crippen molar-refractivity contribution in [3.05, 3.63) is 23.8 Å². The third-order valence-corrected chi connectivity index (χ3v) is 5.23. The average Bonchev–Trinajstić information content (AvgIpc) is 2.45. The molecule has 6 heteroatoms. The standard InChI is InChI=1S/C14H23NO4S/c1-5-11(2)9-15(3)20(17,18)14-7-6-12(10-16)8-13(14)19-4/h6-8,11,16H,5,9-10H2,1-4H3. The molecule has 0 bridgehead atoms. The number of aliphatic hydroxyl groups excluding tert-OH is 1. The molecule has 0 aromatic heterocycles. The fourth-order valence-corrected chi connectivity index (χ4v) is 3.28. The molecule has 0 aliphatic heterocycles. The van der Waals surface area contributed by atoms with E-state index in [4.69, 9.17) is 9.84 Å². The van der Waals surface area contributed by atoms with Crippen LogP contribution in [0.5, 0.6) is 5.75 Å². The molecule has 0 aliphatic rings. The highest BCUT2D eigenvalue weighted by molar-refractivity contribution is 7.89. The summed E-state index contributed by atoms with van der Waals surface area (Å²) in [7, 11) is -0.594. The fraction of sp³-hybridized carbons (Fsp3) is 0.571. The summed E-state index contributed by atoms with van der Waals surface area (Å²) in [6.45, 7) is 4.35. The highest BCUT2D eigenvalue weighted by atomic mass is 32.2. The van der Waals surface area contributed by atoms with Crippen molar-refractivity contribution >= 4 is 10.0 Å². The molecule has 0 radical (unpaired) electrons. The Balaban J connectivity index is 3.14. The van der Waals surface area contributed by atoms with Crippen molar-refractivity contribution in [1.29, 1.82) is 0 Å². The summed E-state index contributed by atoms with van der Waals surface area (Å²) in [5, 5.41) is 9.10. The SMILES string of the molecule is CCC(C)CN(C)S(=O)(=O)c1ccc(CO)cc1OC. The molecule has 0 fully saturated rings. The van der Waals surface area contributed by atoms with Gasteiger partial charge in [0.1, 0.15) is 10.6 Å². The van der Waals surface area contributed by atoms with Gasteiger partial charge in [-0.25, -0.2) is 12.7 Å². The number of sulfonamides is 1. The second-order valence-corrected chi connectivity index (χ2v) is 6.96. The van der Waals surface area contributed by atoms with Crippen LogP contribution in [0.1, 0.15) is 25.8 Å². The van der Waals surface area contributed by atoms with E-state index in [1.165, 1.54) is 17.5 Å². The van der Waals surface area contributed by atoms with Gasteiger partial charge in [0.2, 0.25) is 10.0 Å². The molecule has 0 aliphatic carbocycles. The number of nitrogens with zero attached hydrogens (tertiary/aromatic N) is 1. The number of hydrogen-bond donors (Lipinski definition) is 1. The molecule has 1 aromatic carbocycles. The Morgan fingerprint density at radius 3 is 2.55 bits per heavy atom. The van der Waals surface area contributed by atoms with E-state index in [0.29, 0.717) is 12.1 Å². The molecule has 1 atom stereocenters. The summed E-state index contributed by atoms with van der Waals surface area (Å²) in [5.41, 5.74) is 0.616. The molecule has 0 amide bonds. The molecular formula is C14H23NO4S. The summed E-state index contributed by atoms with van der Waals surface area (Å²) in [4.78, 5) is 0.128. The number of ether oxygens (including phenoxy) is 1. The highest BCUT2D eigenvalue weighted by Crippen LogP contribution is 2.27. The zero-order valence-electron chi connectivity index (χ0n) is 12.5. The summed E-state index contributed by atoms with van der Waals surface area (Å²) in [6, 6.07) is 4.61. The fourth-order valence-electron chi connectivity index (χ4n) is 1.86.